The van der Waals surface area contributed by atoms with Crippen LogP contribution in [0, 0.1) is 0 Å². The van der Waals surface area contributed by atoms with Gasteiger partial charge < -0.3 is 9.47 Å². The molecule has 0 aromatic heterocycles. The summed E-state index contributed by atoms with van der Waals surface area (Å²) in [5, 5.41) is 0. The number of methoxy groups -OCH3 is 2. The highest BCUT2D eigenvalue weighted by Gasteiger charge is 2.30. The third-order valence-electron chi connectivity index (χ3n) is 2.85. The lowest BCUT2D eigenvalue weighted by molar-refractivity contribution is 0.0977. The fourth-order valence-corrected chi connectivity index (χ4v) is 2.50. The molecule has 86 valence electrons. The van der Waals surface area contributed by atoms with Crippen molar-refractivity contribution in [3.63, 3.8) is 0 Å². The number of alkyl halides is 1. The summed E-state index contributed by atoms with van der Waals surface area (Å²) in [4.78, 5) is 12.0. The fourth-order valence-electron chi connectivity index (χ4n) is 2.05. The van der Waals surface area contributed by atoms with Crippen molar-refractivity contribution < 1.29 is 14.3 Å². The molecule has 16 heavy (non-hydrogen) atoms. The van der Waals surface area contributed by atoms with E-state index in [1.165, 1.54) is 0 Å². The Balaban J connectivity index is 2.61. The largest absolute Gasteiger partial charge is 0.496 e. The van der Waals surface area contributed by atoms with Crippen LogP contribution in [0.15, 0.2) is 12.1 Å². The van der Waals surface area contributed by atoms with Gasteiger partial charge in [0.1, 0.15) is 11.5 Å². The Morgan fingerprint density at radius 2 is 1.88 bits per heavy atom. The van der Waals surface area contributed by atoms with Crippen molar-refractivity contribution >= 4 is 21.7 Å². The molecule has 0 fully saturated rings. The number of ketones is 1. The zero-order valence-corrected chi connectivity index (χ0v) is 10.8. The highest BCUT2D eigenvalue weighted by Crippen LogP contribution is 2.37. The third kappa shape index (κ3) is 1.71. The average Bonchev–Trinajstić information content (AvgIpc) is 2.32. The Labute approximate surface area is 103 Å². The van der Waals surface area contributed by atoms with E-state index in [-0.39, 0.29) is 10.6 Å². The van der Waals surface area contributed by atoms with Crippen molar-refractivity contribution in [2.45, 2.75) is 17.7 Å². The van der Waals surface area contributed by atoms with E-state index < -0.39 is 0 Å². The van der Waals surface area contributed by atoms with Crippen LogP contribution in [0.5, 0.6) is 11.5 Å². The van der Waals surface area contributed by atoms with Gasteiger partial charge in [0.25, 0.3) is 0 Å². The summed E-state index contributed by atoms with van der Waals surface area (Å²) in [6.45, 7) is 0. The number of benzene rings is 1. The number of hydrogen-bond donors (Lipinski definition) is 0. The first kappa shape index (κ1) is 11.5. The quantitative estimate of drug-likeness (QED) is 0.783. The van der Waals surface area contributed by atoms with Gasteiger partial charge in [-0.25, -0.2) is 0 Å². The predicted octanol–water partition coefficient (Wildman–Crippen LogP) is 2.60. The molecule has 2 rings (SSSR count). The number of ether oxygens (including phenoxy) is 2. The number of fused-ring (bicyclic) bond motifs is 1. The molecule has 0 radical (unpaired) electrons. The molecule has 0 saturated carbocycles. The Hall–Kier alpha value is -1.03. The molecule has 0 saturated heterocycles. The summed E-state index contributed by atoms with van der Waals surface area (Å²) >= 11 is 3.39. The van der Waals surface area contributed by atoms with E-state index in [9.17, 15) is 4.79 Å². The van der Waals surface area contributed by atoms with Crippen molar-refractivity contribution in [2.24, 2.45) is 0 Å². The molecular weight excluding hydrogens is 272 g/mol. The molecule has 1 aromatic carbocycles. The molecule has 1 aromatic rings. The fraction of sp³-hybridized carbons (Fsp3) is 0.417. The lowest BCUT2D eigenvalue weighted by Crippen LogP contribution is -2.23. The molecule has 0 heterocycles. The lowest BCUT2D eigenvalue weighted by atomic mass is 9.89. The van der Waals surface area contributed by atoms with Gasteiger partial charge in [-0.2, -0.15) is 0 Å². The first-order chi connectivity index (χ1) is 7.69. The van der Waals surface area contributed by atoms with Gasteiger partial charge in [-0.05, 0) is 25.0 Å². The first-order valence-electron chi connectivity index (χ1n) is 5.11. The SMILES string of the molecule is COc1ccc(OC)c2c1CCC(Br)C2=O. The number of Topliss-reactive ketones (excluding diaryl/α,β-unsaturated/α-hetero) is 1. The number of carbonyl (C=O) groups is 1. The van der Waals surface area contributed by atoms with E-state index in [2.05, 4.69) is 15.9 Å². The summed E-state index contributed by atoms with van der Waals surface area (Å²) in [5.74, 6) is 1.48. The number of halogens is 1. The van der Waals surface area contributed by atoms with Crippen molar-refractivity contribution in [3.8, 4) is 11.5 Å². The second kappa shape index (κ2) is 4.45. The van der Waals surface area contributed by atoms with Gasteiger partial charge >= 0.3 is 0 Å². The van der Waals surface area contributed by atoms with Gasteiger partial charge in [0.2, 0.25) is 0 Å². The van der Waals surface area contributed by atoms with Gasteiger partial charge in [-0.15, -0.1) is 0 Å². The van der Waals surface area contributed by atoms with Gasteiger partial charge in [-0.3, -0.25) is 4.79 Å². The van der Waals surface area contributed by atoms with Crippen LogP contribution in [0.1, 0.15) is 22.3 Å². The van der Waals surface area contributed by atoms with Crippen LogP contribution in [0.25, 0.3) is 0 Å². The van der Waals surface area contributed by atoms with Gasteiger partial charge in [-0.1, -0.05) is 15.9 Å². The number of carbonyl (C=O) groups excluding carboxylic acids is 1. The summed E-state index contributed by atoms with van der Waals surface area (Å²) in [6, 6.07) is 3.63. The summed E-state index contributed by atoms with van der Waals surface area (Å²) < 4.78 is 10.5. The van der Waals surface area contributed by atoms with Crippen molar-refractivity contribution in [2.75, 3.05) is 14.2 Å². The molecule has 0 N–H and O–H groups in total. The molecular formula is C12H13BrO3. The first-order valence-corrected chi connectivity index (χ1v) is 6.02. The molecule has 1 unspecified atom stereocenters. The molecule has 1 atom stereocenters. The van der Waals surface area contributed by atoms with Crippen molar-refractivity contribution in [1.29, 1.82) is 0 Å². The molecule has 0 spiro atoms. The maximum Gasteiger partial charge on any atom is 0.180 e. The van der Waals surface area contributed by atoms with E-state index in [0.717, 1.165) is 24.2 Å². The smallest absolute Gasteiger partial charge is 0.180 e. The Morgan fingerprint density at radius 1 is 1.25 bits per heavy atom. The number of hydrogen-bond acceptors (Lipinski definition) is 3. The Kier molecular flexibility index (Phi) is 3.19. The minimum atomic E-state index is -0.110. The Bertz CT molecular complexity index is 429. The van der Waals surface area contributed by atoms with Crippen LogP contribution in [-0.4, -0.2) is 24.8 Å². The van der Waals surface area contributed by atoms with E-state index in [1.807, 2.05) is 6.07 Å². The van der Waals surface area contributed by atoms with Crippen LogP contribution >= 0.6 is 15.9 Å². The molecule has 0 amide bonds. The average molecular weight is 285 g/mol. The maximum atomic E-state index is 12.1. The van der Waals surface area contributed by atoms with Gasteiger partial charge in [0.15, 0.2) is 5.78 Å². The molecule has 3 nitrogen and oxygen atoms in total. The molecule has 4 heteroatoms. The standard InChI is InChI=1S/C12H13BrO3/c1-15-9-5-6-10(16-2)11-7(9)3-4-8(13)12(11)14/h5-6,8H,3-4H2,1-2H3. The molecule has 1 aliphatic rings. The second-order valence-electron chi connectivity index (χ2n) is 3.69. The van der Waals surface area contributed by atoms with Crippen LogP contribution < -0.4 is 9.47 Å². The van der Waals surface area contributed by atoms with E-state index >= 15 is 0 Å². The van der Waals surface area contributed by atoms with Crippen molar-refractivity contribution in [1.82, 2.24) is 0 Å². The van der Waals surface area contributed by atoms with Crippen LogP contribution in [0.2, 0.25) is 0 Å². The van der Waals surface area contributed by atoms with Crippen LogP contribution in [-0.2, 0) is 6.42 Å². The third-order valence-corrected chi connectivity index (χ3v) is 3.72. The van der Waals surface area contributed by atoms with E-state index in [1.54, 1.807) is 20.3 Å². The zero-order chi connectivity index (χ0) is 11.7. The minimum Gasteiger partial charge on any atom is -0.496 e. The van der Waals surface area contributed by atoms with Crippen LogP contribution in [0.3, 0.4) is 0 Å². The summed E-state index contributed by atoms with van der Waals surface area (Å²) in [6.07, 6.45) is 1.63. The normalized spacial score (nSPS) is 19.2. The van der Waals surface area contributed by atoms with Crippen LogP contribution in [0.4, 0.5) is 0 Å². The highest BCUT2D eigenvalue weighted by atomic mass is 79.9. The molecule has 1 aliphatic carbocycles. The minimum absolute atomic E-state index is 0.0806. The molecule has 0 bridgehead atoms. The monoisotopic (exact) mass is 284 g/mol. The number of rotatable bonds is 2. The topological polar surface area (TPSA) is 35.5 Å². The highest BCUT2D eigenvalue weighted by molar-refractivity contribution is 9.10. The zero-order valence-electron chi connectivity index (χ0n) is 9.25. The Morgan fingerprint density at radius 3 is 2.50 bits per heavy atom. The van der Waals surface area contributed by atoms with E-state index in [0.29, 0.717) is 11.3 Å². The summed E-state index contributed by atoms with van der Waals surface area (Å²) in [5.41, 5.74) is 1.62. The molecule has 0 aliphatic heterocycles. The van der Waals surface area contributed by atoms with Gasteiger partial charge in [0.05, 0.1) is 24.6 Å². The van der Waals surface area contributed by atoms with Crippen molar-refractivity contribution in [3.05, 3.63) is 23.3 Å². The van der Waals surface area contributed by atoms with Gasteiger partial charge in [0, 0.05) is 5.56 Å². The maximum absolute atomic E-state index is 12.1. The van der Waals surface area contributed by atoms with E-state index in [4.69, 9.17) is 9.47 Å². The summed E-state index contributed by atoms with van der Waals surface area (Å²) in [7, 11) is 3.19. The lowest BCUT2D eigenvalue weighted by Gasteiger charge is -2.23. The predicted molar refractivity (Wildman–Crippen MR) is 64.9 cm³/mol. The second-order valence-corrected chi connectivity index (χ2v) is 4.80.